The van der Waals surface area contributed by atoms with Crippen molar-refractivity contribution >= 4 is 0 Å². The van der Waals surface area contributed by atoms with Crippen molar-refractivity contribution in [3.05, 3.63) is 35.4 Å². The van der Waals surface area contributed by atoms with Crippen LogP contribution < -0.4 is 5.32 Å². The van der Waals surface area contributed by atoms with Crippen LogP contribution >= 0.6 is 0 Å². The van der Waals surface area contributed by atoms with Gasteiger partial charge in [0.15, 0.2) is 0 Å². The standard InChI is InChI=1S/C17H28N2O3/c1-14-9-22-13-17(12-20,19(14)2)11-18-8-15-5-4-6-16(7-15)10-21-3/h4-7,14,18,20H,8-13H2,1-3H3/t14-,17+/m1/s1. The van der Waals surface area contributed by atoms with Gasteiger partial charge in [0, 0.05) is 26.2 Å². The normalized spacial score (nSPS) is 26.3. The van der Waals surface area contributed by atoms with Crippen molar-refractivity contribution in [3.8, 4) is 0 Å². The fraction of sp³-hybridized carbons (Fsp3) is 0.647. The van der Waals surface area contributed by atoms with Crippen molar-refractivity contribution in [1.29, 1.82) is 0 Å². The molecule has 1 aromatic carbocycles. The highest BCUT2D eigenvalue weighted by molar-refractivity contribution is 5.23. The molecule has 1 heterocycles. The summed E-state index contributed by atoms with van der Waals surface area (Å²) in [6.45, 7) is 5.57. The molecule has 1 saturated heterocycles. The highest BCUT2D eigenvalue weighted by Crippen LogP contribution is 2.21. The summed E-state index contributed by atoms with van der Waals surface area (Å²) in [5, 5.41) is 13.3. The number of aliphatic hydroxyl groups excluding tert-OH is 1. The highest BCUT2D eigenvalue weighted by atomic mass is 16.5. The zero-order valence-corrected chi connectivity index (χ0v) is 13.8. The average molecular weight is 308 g/mol. The Labute approximate surface area is 133 Å². The van der Waals surface area contributed by atoms with E-state index in [0.29, 0.717) is 25.8 Å². The third-order valence-electron chi connectivity index (χ3n) is 4.52. The lowest BCUT2D eigenvalue weighted by Crippen LogP contribution is -2.65. The lowest BCUT2D eigenvalue weighted by Gasteiger charge is -2.47. The Balaban J connectivity index is 1.92. The smallest absolute Gasteiger partial charge is 0.0802 e. The second kappa shape index (κ2) is 8.04. The van der Waals surface area contributed by atoms with Gasteiger partial charge in [0.2, 0.25) is 0 Å². The predicted molar refractivity (Wildman–Crippen MR) is 86.7 cm³/mol. The summed E-state index contributed by atoms with van der Waals surface area (Å²) < 4.78 is 10.8. The molecule has 124 valence electrons. The van der Waals surface area contributed by atoms with Crippen LogP contribution in [0.25, 0.3) is 0 Å². The number of likely N-dealkylation sites (N-methyl/N-ethyl adjacent to an activating group) is 1. The van der Waals surface area contributed by atoms with E-state index in [-0.39, 0.29) is 12.1 Å². The first-order chi connectivity index (χ1) is 10.6. The van der Waals surface area contributed by atoms with Crippen molar-refractivity contribution in [3.63, 3.8) is 0 Å². The molecule has 0 bridgehead atoms. The summed E-state index contributed by atoms with van der Waals surface area (Å²) in [5.74, 6) is 0. The summed E-state index contributed by atoms with van der Waals surface area (Å²) in [5.41, 5.74) is 2.04. The van der Waals surface area contributed by atoms with Gasteiger partial charge in [0.1, 0.15) is 0 Å². The molecule has 22 heavy (non-hydrogen) atoms. The van der Waals surface area contributed by atoms with Gasteiger partial charge in [0.05, 0.1) is 32.0 Å². The van der Waals surface area contributed by atoms with Gasteiger partial charge >= 0.3 is 0 Å². The van der Waals surface area contributed by atoms with Gasteiger partial charge in [-0.3, -0.25) is 4.90 Å². The Morgan fingerprint density at radius 1 is 1.45 bits per heavy atom. The van der Waals surface area contributed by atoms with E-state index < -0.39 is 0 Å². The van der Waals surface area contributed by atoms with Crippen molar-refractivity contribution in [1.82, 2.24) is 10.2 Å². The molecular formula is C17H28N2O3. The number of hydrogen-bond donors (Lipinski definition) is 2. The minimum Gasteiger partial charge on any atom is -0.394 e. The molecule has 0 saturated carbocycles. The maximum atomic E-state index is 9.86. The SMILES string of the molecule is COCc1cccc(CNC[C@]2(CO)COC[C@@H](C)N2C)c1. The van der Waals surface area contributed by atoms with Gasteiger partial charge in [0.25, 0.3) is 0 Å². The number of nitrogens with zero attached hydrogens (tertiary/aromatic N) is 1. The number of aliphatic hydroxyl groups is 1. The first-order valence-electron chi connectivity index (χ1n) is 7.80. The molecule has 0 aromatic heterocycles. The first-order valence-corrected chi connectivity index (χ1v) is 7.80. The van der Waals surface area contributed by atoms with Crippen LogP contribution in [0.3, 0.4) is 0 Å². The number of ether oxygens (including phenoxy) is 2. The Morgan fingerprint density at radius 3 is 2.95 bits per heavy atom. The Kier molecular flexibility index (Phi) is 6.35. The molecule has 0 amide bonds. The second-order valence-electron chi connectivity index (χ2n) is 6.21. The monoisotopic (exact) mass is 308 g/mol. The molecule has 2 rings (SSSR count). The molecule has 5 nitrogen and oxygen atoms in total. The molecule has 1 aromatic rings. The summed E-state index contributed by atoms with van der Waals surface area (Å²) in [6.07, 6.45) is 0. The highest BCUT2D eigenvalue weighted by Gasteiger charge is 2.39. The third-order valence-corrected chi connectivity index (χ3v) is 4.52. The Hall–Kier alpha value is -0.980. The number of rotatable bonds is 7. The molecule has 2 atom stereocenters. The predicted octanol–water partition coefficient (Wildman–Crippen LogP) is 1.00. The Bertz CT molecular complexity index is 469. The summed E-state index contributed by atoms with van der Waals surface area (Å²) in [4.78, 5) is 2.23. The molecule has 2 N–H and O–H groups in total. The minimum absolute atomic E-state index is 0.0879. The molecule has 0 aliphatic carbocycles. The number of morpholine rings is 1. The van der Waals surface area contributed by atoms with Crippen LogP contribution in [0.4, 0.5) is 0 Å². The lowest BCUT2D eigenvalue weighted by molar-refractivity contribution is -0.106. The average Bonchev–Trinajstić information content (AvgIpc) is 2.52. The summed E-state index contributed by atoms with van der Waals surface area (Å²) in [7, 11) is 3.76. The van der Waals surface area contributed by atoms with Gasteiger partial charge in [-0.15, -0.1) is 0 Å². The molecule has 0 radical (unpaired) electrons. The summed E-state index contributed by atoms with van der Waals surface area (Å²) >= 11 is 0. The minimum atomic E-state index is -0.345. The van der Waals surface area contributed by atoms with Gasteiger partial charge in [-0.25, -0.2) is 0 Å². The first kappa shape index (κ1) is 17.4. The van der Waals surface area contributed by atoms with Gasteiger partial charge < -0.3 is 19.9 Å². The van der Waals surface area contributed by atoms with E-state index in [4.69, 9.17) is 9.47 Å². The molecule has 0 spiro atoms. The van der Waals surface area contributed by atoms with Crippen LogP contribution in [-0.2, 0) is 22.6 Å². The van der Waals surface area contributed by atoms with E-state index in [0.717, 1.165) is 13.2 Å². The van der Waals surface area contributed by atoms with Crippen LogP contribution in [0.15, 0.2) is 24.3 Å². The Morgan fingerprint density at radius 2 is 2.23 bits per heavy atom. The van der Waals surface area contributed by atoms with Gasteiger partial charge in [-0.1, -0.05) is 24.3 Å². The van der Waals surface area contributed by atoms with E-state index >= 15 is 0 Å². The van der Waals surface area contributed by atoms with Crippen molar-refractivity contribution < 1.29 is 14.6 Å². The fourth-order valence-electron chi connectivity index (χ4n) is 2.92. The van der Waals surface area contributed by atoms with Crippen LogP contribution in [0.5, 0.6) is 0 Å². The topological polar surface area (TPSA) is 54.0 Å². The van der Waals surface area contributed by atoms with Gasteiger partial charge in [-0.05, 0) is 25.1 Å². The zero-order valence-electron chi connectivity index (χ0n) is 13.8. The van der Waals surface area contributed by atoms with Gasteiger partial charge in [-0.2, -0.15) is 0 Å². The van der Waals surface area contributed by atoms with E-state index in [1.807, 2.05) is 6.07 Å². The molecule has 1 fully saturated rings. The maximum absolute atomic E-state index is 9.86. The van der Waals surface area contributed by atoms with Crippen molar-refractivity contribution in [2.24, 2.45) is 0 Å². The molecule has 1 aliphatic heterocycles. The van der Waals surface area contributed by atoms with Crippen LogP contribution in [0, 0.1) is 0 Å². The summed E-state index contributed by atoms with van der Waals surface area (Å²) in [6, 6.07) is 8.66. The van der Waals surface area contributed by atoms with E-state index in [1.165, 1.54) is 11.1 Å². The third kappa shape index (κ3) is 4.06. The maximum Gasteiger partial charge on any atom is 0.0802 e. The van der Waals surface area contributed by atoms with E-state index in [2.05, 4.69) is 42.4 Å². The second-order valence-corrected chi connectivity index (χ2v) is 6.21. The van der Waals surface area contributed by atoms with E-state index in [9.17, 15) is 5.11 Å². The van der Waals surface area contributed by atoms with Crippen LogP contribution in [0.2, 0.25) is 0 Å². The van der Waals surface area contributed by atoms with E-state index in [1.54, 1.807) is 7.11 Å². The largest absolute Gasteiger partial charge is 0.394 e. The lowest BCUT2D eigenvalue weighted by atomic mass is 9.96. The number of benzene rings is 1. The molecule has 0 unspecified atom stereocenters. The van der Waals surface area contributed by atoms with Crippen molar-refractivity contribution in [2.75, 3.05) is 40.5 Å². The molecular weight excluding hydrogens is 280 g/mol. The van der Waals surface area contributed by atoms with Crippen LogP contribution in [0.1, 0.15) is 18.1 Å². The fourth-order valence-corrected chi connectivity index (χ4v) is 2.92. The molecule has 5 heteroatoms. The number of nitrogens with one attached hydrogen (secondary N) is 1. The van der Waals surface area contributed by atoms with Crippen LogP contribution in [-0.4, -0.2) is 62.1 Å². The number of methoxy groups -OCH3 is 1. The quantitative estimate of drug-likeness (QED) is 0.787. The number of hydrogen-bond acceptors (Lipinski definition) is 5. The molecule has 1 aliphatic rings. The van der Waals surface area contributed by atoms with Crippen molar-refractivity contribution in [2.45, 2.75) is 31.7 Å². The zero-order chi connectivity index (χ0) is 16.0.